The molecule has 2 aromatic carbocycles. The van der Waals surface area contributed by atoms with Crippen LogP contribution >= 0.6 is 23.2 Å². The summed E-state index contributed by atoms with van der Waals surface area (Å²) in [4.78, 5) is 4.32. The number of hydrogen-bond donors (Lipinski definition) is 0. The maximum atomic E-state index is 6.32. The predicted molar refractivity (Wildman–Crippen MR) is 97.6 cm³/mol. The van der Waals surface area contributed by atoms with Crippen LogP contribution in [0.2, 0.25) is 5.02 Å². The normalized spacial score (nSPS) is 13.1. The molecular formula is C18H12Cl2N2O4. The number of benzene rings is 2. The van der Waals surface area contributed by atoms with E-state index in [0.717, 1.165) is 16.9 Å². The monoisotopic (exact) mass is 390 g/mol. The highest BCUT2D eigenvalue weighted by molar-refractivity contribution is 6.50. The summed E-state index contributed by atoms with van der Waals surface area (Å²) in [6, 6.07) is 10.8. The first-order valence-corrected chi connectivity index (χ1v) is 8.34. The third-order valence-electron chi connectivity index (χ3n) is 3.72. The van der Waals surface area contributed by atoms with Crippen LogP contribution in [0.5, 0.6) is 17.2 Å². The molecule has 4 rings (SSSR count). The lowest BCUT2D eigenvalue weighted by atomic mass is 10.2. The van der Waals surface area contributed by atoms with Crippen LogP contribution in [-0.2, 0) is 0 Å². The molecule has 132 valence electrons. The predicted octanol–water partition coefficient (Wildman–Crippen LogP) is 4.86. The van der Waals surface area contributed by atoms with Gasteiger partial charge >= 0.3 is 0 Å². The minimum Gasteiger partial charge on any atom is -0.497 e. The second kappa shape index (κ2) is 6.90. The zero-order valence-electron chi connectivity index (χ0n) is 13.5. The van der Waals surface area contributed by atoms with Crippen LogP contribution in [0.15, 0.2) is 40.9 Å². The third kappa shape index (κ3) is 3.21. The van der Waals surface area contributed by atoms with Crippen LogP contribution in [-0.4, -0.2) is 24.0 Å². The van der Waals surface area contributed by atoms with Crippen molar-refractivity contribution in [1.29, 1.82) is 0 Å². The van der Waals surface area contributed by atoms with Gasteiger partial charge in [0.1, 0.15) is 10.8 Å². The van der Waals surface area contributed by atoms with Crippen LogP contribution in [0.25, 0.3) is 22.5 Å². The van der Waals surface area contributed by atoms with Gasteiger partial charge < -0.3 is 18.7 Å². The summed E-state index contributed by atoms with van der Waals surface area (Å²) < 4.78 is 21.0. The smallest absolute Gasteiger partial charge is 0.269 e. The van der Waals surface area contributed by atoms with Gasteiger partial charge in [-0.15, -0.1) is 0 Å². The second-order valence-electron chi connectivity index (χ2n) is 5.38. The lowest BCUT2D eigenvalue weighted by Gasteiger charge is -2.01. The number of hydrogen-bond acceptors (Lipinski definition) is 6. The summed E-state index contributed by atoms with van der Waals surface area (Å²) in [6.45, 7) is 0.144. The van der Waals surface area contributed by atoms with Gasteiger partial charge in [0.2, 0.25) is 12.6 Å². The van der Waals surface area contributed by atoms with E-state index in [1.165, 1.54) is 0 Å². The molecule has 0 atom stereocenters. The lowest BCUT2D eigenvalue weighted by Crippen LogP contribution is -1.93. The molecule has 26 heavy (non-hydrogen) atoms. The molecule has 0 bridgehead atoms. The SMILES string of the molecule is COc1ccc(-c2noc(/C(Cl)=C/c3cc(Cl)c4c(c3)OCO4)n2)cc1. The van der Waals surface area contributed by atoms with Crippen molar-refractivity contribution in [2.45, 2.75) is 0 Å². The average molecular weight is 391 g/mol. The lowest BCUT2D eigenvalue weighted by molar-refractivity contribution is 0.174. The molecule has 8 heteroatoms. The highest BCUT2D eigenvalue weighted by Gasteiger charge is 2.18. The van der Waals surface area contributed by atoms with Gasteiger partial charge in [-0.05, 0) is 48.0 Å². The summed E-state index contributed by atoms with van der Waals surface area (Å²) >= 11 is 12.5. The third-order valence-corrected chi connectivity index (χ3v) is 4.27. The van der Waals surface area contributed by atoms with Gasteiger partial charge in [-0.25, -0.2) is 0 Å². The minimum atomic E-state index is 0.144. The number of methoxy groups -OCH3 is 1. The van der Waals surface area contributed by atoms with Gasteiger partial charge in [-0.2, -0.15) is 4.98 Å². The fraction of sp³-hybridized carbons (Fsp3) is 0.111. The van der Waals surface area contributed by atoms with Crippen molar-refractivity contribution in [3.05, 3.63) is 52.9 Å². The summed E-state index contributed by atoms with van der Waals surface area (Å²) in [6.07, 6.45) is 1.67. The molecule has 0 saturated carbocycles. The molecular weight excluding hydrogens is 379 g/mol. The van der Waals surface area contributed by atoms with E-state index in [0.29, 0.717) is 22.3 Å². The molecule has 6 nitrogen and oxygen atoms in total. The van der Waals surface area contributed by atoms with Gasteiger partial charge in [0.05, 0.1) is 12.1 Å². The molecule has 0 N–H and O–H groups in total. The molecule has 1 aliphatic rings. The Morgan fingerprint density at radius 3 is 2.77 bits per heavy atom. The Bertz CT molecular complexity index is 983. The zero-order chi connectivity index (χ0) is 18.1. The van der Waals surface area contributed by atoms with Crippen molar-refractivity contribution in [3.63, 3.8) is 0 Å². The Balaban J connectivity index is 1.60. The molecule has 3 aromatic rings. The summed E-state index contributed by atoms with van der Waals surface area (Å²) in [5, 5.41) is 4.69. The quantitative estimate of drug-likeness (QED) is 0.633. The van der Waals surface area contributed by atoms with Crippen molar-refractivity contribution in [2.75, 3.05) is 13.9 Å². The number of nitrogens with zero attached hydrogens (tertiary/aromatic N) is 2. The Kier molecular flexibility index (Phi) is 4.44. The van der Waals surface area contributed by atoms with Crippen LogP contribution in [0.1, 0.15) is 11.5 Å². The van der Waals surface area contributed by atoms with Gasteiger partial charge in [-0.3, -0.25) is 0 Å². The van der Waals surface area contributed by atoms with E-state index in [1.54, 1.807) is 25.3 Å². The Morgan fingerprint density at radius 1 is 1.19 bits per heavy atom. The number of ether oxygens (including phenoxy) is 3. The maximum absolute atomic E-state index is 6.32. The molecule has 2 heterocycles. The first kappa shape index (κ1) is 16.8. The molecule has 0 fully saturated rings. The molecule has 1 aromatic heterocycles. The van der Waals surface area contributed by atoms with Gasteiger partial charge in [0.15, 0.2) is 11.5 Å². The van der Waals surface area contributed by atoms with Gasteiger partial charge in [-0.1, -0.05) is 28.4 Å². The van der Waals surface area contributed by atoms with Gasteiger partial charge in [0.25, 0.3) is 5.89 Å². The molecule has 0 spiro atoms. The van der Waals surface area contributed by atoms with Crippen molar-refractivity contribution in [2.24, 2.45) is 0 Å². The fourth-order valence-electron chi connectivity index (χ4n) is 2.46. The average Bonchev–Trinajstić information content (AvgIpc) is 3.31. The van der Waals surface area contributed by atoms with E-state index in [1.807, 2.05) is 24.3 Å². The van der Waals surface area contributed by atoms with Crippen LogP contribution in [0.3, 0.4) is 0 Å². The van der Waals surface area contributed by atoms with Crippen LogP contribution in [0.4, 0.5) is 0 Å². The van der Waals surface area contributed by atoms with Crippen molar-refractivity contribution < 1.29 is 18.7 Å². The van der Waals surface area contributed by atoms with E-state index in [2.05, 4.69) is 10.1 Å². The Labute approximate surface area is 158 Å². The highest BCUT2D eigenvalue weighted by atomic mass is 35.5. The number of aromatic nitrogens is 2. The van der Waals surface area contributed by atoms with Crippen molar-refractivity contribution in [3.8, 4) is 28.6 Å². The van der Waals surface area contributed by atoms with Crippen molar-refractivity contribution >= 4 is 34.3 Å². The largest absolute Gasteiger partial charge is 0.497 e. The Hall–Kier alpha value is -2.70. The van der Waals surface area contributed by atoms with Gasteiger partial charge in [0, 0.05) is 5.56 Å². The minimum absolute atomic E-state index is 0.144. The molecule has 1 aliphatic heterocycles. The molecule has 0 radical (unpaired) electrons. The fourth-order valence-corrected chi connectivity index (χ4v) is 2.93. The summed E-state index contributed by atoms with van der Waals surface area (Å²) in [5.74, 6) is 2.47. The maximum Gasteiger partial charge on any atom is 0.269 e. The number of halogens is 2. The first-order chi connectivity index (χ1) is 12.6. The van der Waals surface area contributed by atoms with Crippen molar-refractivity contribution in [1.82, 2.24) is 10.1 Å². The number of fused-ring (bicyclic) bond motifs is 1. The molecule has 0 amide bonds. The topological polar surface area (TPSA) is 66.6 Å². The zero-order valence-corrected chi connectivity index (χ0v) is 15.0. The standard InChI is InChI=1S/C18H12Cl2N2O4/c1-23-12-4-2-11(3-5-12)17-21-18(26-22-17)14(20)7-10-6-13(19)16-15(8-10)24-9-25-16/h2-8H,9H2,1H3/b14-7-. The van der Waals surface area contributed by atoms with E-state index in [4.69, 9.17) is 41.9 Å². The second-order valence-corrected chi connectivity index (χ2v) is 6.19. The highest BCUT2D eigenvalue weighted by Crippen LogP contribution is 2.40. The Morgan fingerprint density at radius 2 is 2.00 bits per heavy atom. The molecule has 0 unspecified atom stereocenters. The van der Waals surface area contributed by atoms with Crippen LogP contribution in [0, 0.1) is 0 Å². The summed E-state index contributed by atoms with van der Waals surface area (Å²) in [7, 11) is 1.61. The van der Waals surface area contributed by atoms with E-state index >= 15 is 0 Å². The van der Waals surface area contributed by atoms with E-state index in [9.17, 15) is 0 Å². The first-order valence-electron chi connectivity index (χ1n) is 7.59. The van der Waals surface area contributed by atoms with E-state index in [-0.39, 0.29) is 17.7 Å². The molecule has 0 aliphatic carbocycles. The van der Waals surface area contributed by atoms with E-state index < -0.39 is 0 Å². The summed E-state index contributed by atoms with van der Waals surface area (Å²) in [5.41, 5.74) is 1.52. The number of rotatable bonds is 4. The molecule has 0 saturated heterocycles. The van der Waals surface area contributed by atoms with Crippen LogP contribution < -0.4 is 14.2 Å².